The van der Waals surface area contributed by atoms with Crippen LogP contribution in [0.2, 0.25) is 5.02 Å². The minimum Gasteiger partial charge on any atom is -0.256 e. The van der Waals surface area contributed by atoms with Gasteiger partial charge in [-0.05, 0) is 36.2 Å². The molecule has 0 atom stereocenters. The van der Waals surface area contributed by atoms with Crippen molar-refractivity contribution in [3.8, 4) is 11.3 Å². The highest BCUT2D eigenvalue weighted by atomic mass is 35.5. The maximum Gasteiger partial charge on any atom is 0.132 e. The average molecular weight is 236 g/mol. The van der Waals surface area contributed by atoms with Crippen LogP contribution in [0.5, 0.6) is 0 Å². The fourth-order valence-corrected chi connectivity index (χ4v) is 1.66. The molecule has 0 aliphatic carbocycles. The number of aryl methyl sites for hydroxylation is 1. The van der Waals surface area contributed by atoms with E-state index in [-0.39, 0.29) is 5.82 Å². The Bertz CT molecular complexity index is 494. The summed E-state index contributed by atoms with van der Waals surface area (Å²) in [5.41, 5.74) is 2.18. The van der Waals surface area contributed by atoms with Gasteiger partial charge in [-0.15, -0.1) is 0 Å². The van der Waals surface area contributed by atoms with E-state index in [0.29, 0.717) is 16.3 Å². The van der Waals surface area contributed by atoms with Gasteiger partial charge in [0.25, 0.3) is 0 Å². The summed E-state index contributed by atoms with van der Waals surface area (Å²) in [4.78, 5) is 4.22. The Labute approximate surface area is 98.9 Å². The van der Waals surface area contributed by atoms with Crippen LogP contribution in [-0.2, 0) is 6.42 Å². The maximum absolute atomic E-state index is 13.5. The van der Waals surface area contributed by atoms with Crippen LogP contribution in [0.1, 0.15) is 12.5 Å². The zero-order valence-corrected chi connectivity index (χ0v) is 9.63. The first kappa shape index (κ1) is 11.1. The molecular weight excluding hydrogens is 225 g/mol. The van der Waals surface area contributed by atoms with E-state index in [2.05, 4.69) is 11.9 Å². The quantitative estimate of drug-likeness (QED) is 0.764. The van der Waals surface area contributed by atoms with Gasteiger partial charge in [0.2, 0.25) is 0 Å². The molecule has 1 nitrogen and oxygen atoms in total. The first-order valence-electron chi connectivity index (χ1n) is 5.11. The Hall–Kier alpha value is -1.41. The van der Waals surface area contributed by atoms with Crippen LogP contribution in [0.25, 0.3) is 11.3 Å². The van der Waals surface area contributed by atoms with E-state index in [1.807, 2.05) is 12.1 Å². The molecule has 2 rings (SSSR count). The number of pyridine rings is 1. The van der Waals surface area contributed by atoms with Gasteiger partial charge in [-0.3, -0.25) is 4.98 Å². The van der Waals surface area contributed by atoms with Crippen LogP contribution in [0.3, 0.4) is 0 Å². The Morgan fingerprint density at radius 3 is 2.69 bits per heavy atom. The Kier molecular flexibility index (Phi) is 3.20. The van der Waals surface area contributed by atoms with Crippen LogP contribution in [0.15, 0.2) is 36.5 Å². The van der Waals surface area contributed by atoms with E-state index >= 15 is 0 Å². The fourth-order valence-electron chi connectivity index (χ4n) is 1.49. The number of aromatic nitrogens is 1. The van der Waals surface area contributed by atoms with Gasteiger partial charge in [0.15, 0.2) is 0 Å². The lowest BCUT2D eigenvalue weighted by molar-refractivity contribution is 0.630. The standard InChI is InChI=1S/C13H11ClFN/c1-2-9-3-6-13(16-8-9)11-7-10(14)4-5-12(11)15/h3-8H,2H2,1H3. The van der Waals surface area contributed by atoms with Crippen LogP contribution < -0.4 is 0 Å². The third-order valence-corrected chi connectivity index (χ3v) is 2.67. The summed E-state index contributed by atoms with van der Waals surface area (Å²) in [5, 5.41) is 0.512. The SMILES string of the molecule is CCc1ccc(-c2cc(Cl)ccc2F)nc1. The van der Waals surface area contributed by atoms with Crippen LogP contribution in [-0.4, -0.2) is 4.98 Å². The predicted octanol–water partition coefficient (Wildman–Crippen LogP) is 4.10. The first-order chi connectivity index (χ1) is 7.70. The van der Waals surface area contributed by atoms with Crippen molar-refractivity contribution in [3.05, 3.63) is 52.9 Å². The summed E-state index contributed by atoms with van der Waals surface area (Å²) in [6.45, 7) is 2.05. The number of rotatable bonds is 2. The van der Waals surface area contributed by atoms with Gasteiger partial charge in [0, 0.05) is 16.8 Å². The highest BCUT2D eigenvalue weighted by Gasteiger charge is 2.06. The molecule has 0 saturated heterocycles. The summed E-state index contributed by atoms with van der Waals surface area (Å²) < 4.78 is 13.5. The lowest BCUT2D eigenvalue weighted by Crippen LogP contribution is -1.89. The van der Waals surface area contributed by atoms with E-state index in [9.17, 15) is 4.39 Å². The smallest absolute Gasteiger partial charge is 0.132 e. The molecule has 0 aliphatic heterocycles. The molecule has 0 radical (unpaired) electrons. The lowest BCUT2D eigenvalue weighted by atomic mass is 10.1. The number of nitrogens with zero attached hydrogens (tertiary/aromatic N) is 1. The molecule has 0 spiro atoms. The molecule has 0 aliphatic rings. The van der Waals surface area contributed by atoms with Crippen molar-refractivity contribution in [2.45, 2.75) is 13.3 Å². The monoisotopic (exact) mass is 235 g/mol. The van der Waals surface area contributed by atoms with Crippen molar-refractivity contribution in [1.29, 1.82) is 0 Å². The molecule has 0 saturated carbocycles. The summed E-state index contributed by atoms with van der Waals surface area (Å²) in [6.07, 6.45) is 2.68. The van der Waals surface area contributed by atoms with Crippen molar-refractivity contribution >= 4 is 11.6 Å². The van der Waals surface area contributed by atoms with Crippen molar-refractivity contribution < 1.29 is 4.39 Å². The second-order valence-electron chi connectivity index (χ2n) is 3.53. The van der Waals surface area contributed by atoms with Gasteiger partial charge >= 0.3 is 0 Å². The second-order valence-corrected chi connectivity index (χ2v) is 3.97. The molecule has 82 valence electrons. The predicted molar refractivity (Wildman–Crippen MR) is 64.0 cm³/mol. The average Bonchev–Trinajstić information content (AvgIpc) is 2.32. The normalized spacial score (nSPS) is 10.4. The fraction of sp³-hybridized carbons (Fsp3) is 0.154. The summed E-state index contributed by atoms with van der Waals surface area (Å²) >= 11 is 5.83. The highest BCUT2D eigenvalue weighted by Crippen LogP contribution is 2.24. The van der Waals surface area contributed by atoms with Crippen molar-refractivity contribution in [1.82, 2.24) is 4.98 Å². The van der Waals surface area contributed by atoms with Gasteiger partial charge < -0.3 is 0 Å². The molecule has 1 heterocycles. The van der Waals surface area contributed by atoms with Crippen molar-refractivity contribution in [2.75, 3.05) is 0 Å². The largest absolute Gasteiger partial charge is 0.256 e. The van der Waals surface area contributed by atoms with E-state index in [4.69, 9.17) is 11.6 Å². The molecule has 1 aromatic carbocycles. The minimum absolute atomic E-state index is 0.304. The van der Waals surface area contributed by atoms with Gasteiger partial charge in [0.05, 0.1) is 5.69 Å². The van der Waals surface area contributed by atoms with Gasteiger partial charge in [-0.1, -0.05) is 24.6 Å². The van der Waals surface area contributed by atoms with E-state index in [1.54, 1.807) is 12.3 Å². The molecule has 0 amide bonds. The van der Waals surface area contributed by atoms with Crippen molar-refractivity contribution in [3.63, 3.8) is 0 Å². The second kappa shape index (κ2) is 4.62. The number of hydrogen-bond donors (Lipinski definition) is 0. The maximum atomic E-state index is 13.5. The molecule has 1 aromatic heterocycles. The molecule has 16 heavy (non-hydrogen) atoms. The molecular formula is C13H11ClFN. The molecule has 2 aromatic rings. The van der Waals surface area contributed by atoms with Crippen LogP contribution in [0, 0.1) is 5.82 Å². The Morgan fingerprint density at radius 2 is 2.06 bits per heavy atom. The third kappa shape index (κ3) is 2.22. The van der Waals surface area contributed by atoms with Crippen LogP contribution in [0.4, 0.5) is 4.39 Å². The molecule has 3 heteroatoms. The zero-order valence-electron chi connectivity index (χ0n) is 8.87. The highest BCUT2D eigenvalue weighted by molar-refractivity contribution is 6.30. The minimum atomic E-state index is -0.304. The van der Waals surface area contributed by atoms with E-state index in [0.717, 1.165) is 12.0 Å². The van der Waals surface area contributed by atoms with E-state index in [1.165, 1.54) is 12.1 Å². The van der Waals surface area contributed by atoms with Gasteiger partial charge in [0.1, 0.15) is 5.82 Å². The summed E-state index contributed by atoms with van der Waals surface area (Å²) in [7, 11) is 0. The number of hydrogen-bond acceptors (Lipinski definition) is 1. The summed E-state index contributed by atoms with van der Waals surface area (Å²) in [6, 6.07) is 8.23. The van der Waals surface area contributed by atoms with Crippen molar-refractivity contribution in [2.24, 2.45) is 0 Å². The molecule has 0 unspecified atom stereocenters. The Morgan fingerprint density at radius 1 is 1.25 bits per heavy atom. The summed E-state index contributed by atoms with van der Waals surface area (Å²) in [5.74, 6) is -0.304. The zero-order chi connectivity index (χ0) is 11.5. The van der Waals surface area contributed by atoms with E-state index < -0.39 is 0 Å². The van der Waals surface area contributed by atoms with Gasteiger partial charge in [-0.25, -0.2) is 4.39 Å². The third-order valence-electron chi connectivity index (χ3n) is 2.44. The Balaban J connectivity index is 2.45. The first-order valence-corrected chi connectivity index (χ1v) is 5.49. The molecule has 0 N–H and O–H groups in total. The number of halogens is 2. The topological polar surface area (TPSA) is 12.9 Å². The lowest BCUT2D eigenvalue weighted by Gasteiger charge is -2.04. The molecule has 0 bridgehead atoms. The van der Waals surface area contributed by atoms with Crippen LogP contribution >= 0.6 is 11.6 Å². The molecule has 0 fully saturated rings. The number of benzene rings is 1. The van der Waals surface area contributed by atoms with Gasteiger partial charge in [-0.2, -0.15) is 0 Å².